The van der Waals surface area contributed by atoms with Crippen LogP contribution in [-0.2, 0) is 11.2 Å². The molecule has 1 unspecified atom stereocenters. The van der Waals surface area contributed by atoms with Crippen LogP contribution in [0.15, 0.2) is 12.3 Å². The monoisotopic (exact) mass is 182 g/mol. The molecule has 6 heteroatoms. The number of rotatable bonds is 3. The van der Waals surface area contributed by atoms with Crippen LogP contribution in [-0.4, -0.2) is 27.1 Å². The van der Waals surface area contributed by atoms with Gasteiger partial charge < -0.3 is 16.6 Å². The smallest absolute Gasteiger partial charge is 0.320 e. The van der Waals surface area contributed by atoms with Gasteiger partial charge in [-0.05, 0) is 6.07 Å². The zero-order valence-corrected chi connectivity index (χ0v) is 6.84. The minimum absolute atomic E-state index is 0.120. The van der Waals surface area contributed by atoms with E-state index in [0.717, 1.165) is 0 Å². The van der Waals surface area contributed by atoms with E-state index in [1.54, 1.807) is 6.07 Å². The number of carboxylic acids is 1. The van der Waals surface area contributed by atoms with Crippen LogP contribution in [0.4, 0.5) is 5.95 Å². The van der Waals surface area contributed by atoms with Gasteiger partial charge >= 0.3 is 5.97 Å². The van der Waals surface area contributed by atoms with Crippen LogP contribution in [0.1, 0.15) is 5.69 Å². The summed E-state index contributed by atoms with van der Waals surface area (Å²) in [7, 11) is 0. The van der Waals surface area contributed by atoms with Crippen LogP contribution >= 0.6 is 0 Å². The van der Waals surface area contributed by atoms with Gasteiger partial charge in [-0.3, -0.25) is 4.79 Å². The van der Waals surface area contributed by atoms with Crippen molar-refractivity contribution in [2.75, 3.05) is 5.73 Å². The number of hydrogen-bond acceptors (Lipinski definition) is 5. The third kappa shape index (κ3) is 2.68. The summed E-state index contributed by atoms with van der Waals surface area (Å²) in [6.07, 6.45) is 1.62. The number of hydrogen-bond donors (Lipinski definition) is 3. The lowest BCUT2D eigenvalue weighted by molar-refractivity contribution is -0.138. The fourth-order valence-electron chi connectivity index (χ4n) is 0.839. The van der Waals surface area contributed by atoms with Crippen LogP contribution in [0.5, 0.6) is 0 Å². The number of carboxylic acid groups (broad SMARTS) is 1. The van der Waals surface area contributed by atoms with Crippen molar-refractivity contribution in [1.29, 1.82) is 0 Å². The highest BCUT2D eigenvalue weighted by molar-refractivity contribution is 5.73. The highest BCUT2D eigenvalue weighted by Gasteiger charge is 2.12. The summed E-state index contributed by atoms with van der Waals surface area (Å²) in [6.45, 7) is 0. The van der Waals surface area contributed by atoms with Gasteiger partial charge in [0.25, 0.3) is 0 Å². The number of carbonyl (C=O) groups is 1. The first kappa shape index (κ1) is 9.40. The molecule has 0 aliphatic rings. The molecule has 0 fully saturated rings. The number of nitrogens with two attached hydrogens (primary N) is 2. The molecule has 0 saturated carbocycles. The molecule has 0 bridgehead atoms. The standard InChI is InChI=1S/C7H10N4O2/c8-5(6(12)13)3-4-1-2-10-7(9)11-4/h1-2,5H,3,8H2,(H,12,13)(H2,9,10,11). The van der Waals surface area contributed by atoms with Gasteiger partial charge in [0.05, 0.1) is 0 Å². The van der Waals surface area contributed by atoms with Crippen molar-refractivity contribution in [3.05, 3.63) is 18.0 Å². The molecule has 1 aromatic rings. The Morgan fingerprint density at radius 1 is 1.69 bits per heavy atom. The summed E-state index contributed by atoms with van der Waals surface area (Å²) in [5, 5.41) is 8.51. The van der Waals surface area contributed by atoms with Gasteiger partial charge in [0.15, 0.2) is 0 Å². The fourth-order valence-corrected chi connectivity index (χ4v) is 0.839. The third-order valence-electron chi connectivity index (χ3n) is 1.48. The molecule has 0 spiro atoms. The highest BCUT2D eigenvalue weighted by atomic mass is 16.4. The van der Waals surface area contributed by atoms with E-state index in [1.807, 2.05) is 0 Å². The van der Waals surface area contributed by atoms with Gasteiger partial charge in [0.2, 0.25) is 5.95 Å². The Labute approximate surface area is 74.6 Å². The van der Waals surface area contributed by atoms with E-state index in [-0.39, 0.29) is 12.4 Å². The molecule has 1 aromatic heterocycles. The summed E-state index contributed by atoms with van der Waals surface area (Å²) < 4.78 is 0. The second kappa shape index (κ2) is 3.81. The van der Waals surface area contributed by atoms with Crippen LogP contribution < -0.4 is 11.5 Å². The van der Waals surface area contributed by atoms with E-state index in [1.165, 1.54) is 6.20 Å². The maximum Gasteiger partial charge on any atom is 0.320 e. The molecule has 5 N–H and O–H groups in total. The molecule has 6 nitrogen and oxygen atoms in total. The van der Waals surface area contributed by atoms with Gasteiger partial charge in [0, 0.05) is 18.3 Å². The molecule has 0 saturated heterocycles. The summed E-state index contributed by atoms with van der Waals surface area (Å²) in [6, 6.07) is 0.633. The highest BCUT2D eigenvalue weighted by Crippen LogP contribution is 1.99. The summed E-state index contributed by atoms with van der Waals surface area (Å²) in [5.41, 5.74) is 11.1. The van der Waals surface area contributed by atoms with Crippen LogP contribution in [0.25, 0.3) is 0 Å². The van der Waals surface area contributed by atoms with Crippen molar-refractivity contribution in [3.63, 3.8) is 0 Å². The molecular weight excluding hydrogens is 172 g/mol. The predicted molar refractivity (Wildman–Crippen MR) is 45.8 cm³/mol. The van der Waals surface area contributed by atoms with E-state index in [4.69, 9.17) is 16.6 Å². The average Bonchev–Trinajstić information content (AvgIpc) is 2.04. The Morgan fingerprint density at radius 2 is 2.38 bits per heavy atom. The maximum atomic E-state index is 10.4. The Kier molecular flexibility index (Phi) is 2.76. The van der Waals surface area contributed by atoms with Gasteiger partial charge in [-0.25, -0.2) is 9.97 Å². The quantitative estimate of drug-likeness (QED) is 0.553. The second-order valence-corrected chi connectivity index (χ2v) is 2.56. The number of aliphatic carboxylic acids is 1. The molecule has 0 aliphatic heterocycles. The van der Waals surface area contributed by atoms with Crippen molar-refractivity contribution in [2.45, 2.75) is 12.5 Å². The van der Waals surface area contributed by atoms with Crippen molar-refractivity contribution in [1.82, 2.24) is 9.97 Å². The first-order chi connectivity index (χ1) is 6.09. The SMILES string of the molecule is Nc1nccc(CC(N)C(=O)O)n1. The van der Waals surface area contributed by atoms with E-state index in [2.05, 4.69) is 9.97 Å². The van der Waals surface area contributed by atoms with Crippen molar-refractivity contribution < 1.29 is 9.90 Å². The molecule has 13 heavy (non-hydrogen) atoms. The number of nitrogens with zero attached hydrogens (tertiary/aromatic N) is 2. The topological polar surface area (TPSA) is 115 Å². The first-order valence-electron chi connectivity index (χ1n) is 3.65. The minimum atomic E-state index is -1.06. The molecule has 70 valence electrons. The Morgan fingerprint density at radius 3 is 2.92 bits per heavy atom. The second-order valence-electron chi connectivity index (χ2n) is 2.56. The molecule has 1 atom stereocenters. The largest absolute Gasteiger partial charge is 0.480 e. The minimum Gasteiger partial charge on any atom is -0.480 e. The lowest BCUT2D eigenvalue weighted by Gasteiger charge is -2.04. The van der Waals surface area contributed by atoms with Crippen molar-refractivity contribution >= 4 is 11.9 Å². The lowest BCUT2D eigenvalue weighted by atomic mass is 10.2. The molecule has 0 amide bonds. The van der Waals surface area contributed by atoms with E-state index < -0.39 is 12.0 Å². The van der Waals surface area contributed by atoms with Gasteiger partial charge in [-0.15, -0.1) is 0 Å². The van der Waals surface area contributed by atoms with Crippen molar-refractivity contribution in [3.8, 4) is 0 Å². The maximum absolute atomic E-state index is 10.4. The van der Waals surface area contributed by atoms with Gasteiger partial charge in [-0.1, -0.05) is 0 Å². The van der Waals surface area contributed by atoms with Crippen molar-refractivity contribution in [2.24, 2.45) is 5.73 Å². The predicted octanol–water partition coefficient (Wildman–Crippen LogP) is -0.987. The molecule has 0 radical (unpaired) electrons. The third-order valence-corrected chi connectivity index (χ3v) is 1.48. The van der Waals surface area contributed by atoms with E-state index >= 15 is 0 Å². The Balaban J connectivity index is 2.69. The normalized spacial score (nSPS) is 12.4. The van der Waals surface area contributed by atoms with Gasteiger partial charge in [0.1, 0.15) is 6.04 Å². The van der Waals surface area contributed by atoms with E-state index in [0.29, 0.717) is 5.69 Å². The van der Waals surface area contributed by atoms with Crippen LogP contribution in [0.2, 0.25) is 0 Å². The first-order valence-corrected chi connectivity index (χ1v) is 3.65. The Hall–Kier alpha value is -1.69. The van der Waals surface area contributed by atoms with Crippen LogP contribution in [0, 0.1) is 0 Å². The molecule has 1 heterocycles. The molecule has 1 rings (SSSR count). The lowest BCUT2D eigenvalue weighted by Crippen LogP contribution is -2.32. The number of nitrogen functional groups attached to an aromatic ring is 1. The fraction of sp³-hybridized carbons (Fsp3) is 0.286. The van der Waals surface area contributed by atoms with E-state index in [9.17, 15) is 4.79 Å². The zero-order chi connectivity index (χ0) is 9.84. The zero-order valence-electron chi connectivity index (χ0n) is 6.84. The number of anilines is 1. The summed E-state index contributed by atoms with van der Waals surface area (Å²) >= 11 is 0. The average molecular weight is 182 g/mol. The molecule has 0 aliphatic carbocycles. The number of aromatic nitrogens is 2. The molecular formula is C7H10N4O2. The summed E-state index contributed by atoms with van der Waals surface area (Å²) in [5.74, 6) is -0.938. The Bertz CT molecular complexity index is 315. The summed E-state index contributed by atoms with van der Waals surface area (Å²) in [4.78, 5) is 17.9. The van der Waals surface area contributed by atoms with Gasteiger partial charge in [-0.2, -0.15) is 0 Å². The van der Waals surface area contributed by atoms with Crippen LogP contribution in [0.3, 0.4) is 0 Å². The molecule has 0 aromatic carbocycles.